The molecule has 0 bridgehead atoms. The fourth-order valence-electron chi connectivity index (χ4n) is 3.85. The Bertz CT molecular complexity index is 685. The second kappa shape index (κ2) is 9.70. The predicted molar refractivity (Wildman–Crippen MR) is 109 cm³/mol. The van der Waals surface area contributed by atoms with Crippen LogP contribution in [0.4, 0.5) is 0 Å². The molecule has 1 aliphatic rings. The minimum absolute atomic E-state index is 0.606. The van der Waals surface area contributed by atoms with Gasteiger partial charge in [-0.15, -0.1) is 0 Å². The number of pyridine rings is 1. The number of rotatable bonds is 7. The Morgan fingerprint density at radius 3 is 2.35 bits per heavy atom. The Hall–Kier alpha value is -1.13. The summed E-state index contributed by atoms with van der Waals surface area (Å²) in [6.07, 6.45) is 8.83. The monoisotopic (exact) mass is 391 g/mol. The van der Waals surface area contributed by atoms with Crippen LogP contribution in [0.1, 0.15) is 36.8 Å². The van der Waals surface area contributed by atoms with Gasteiger partial charge in [-0.3, -0.25) is 9.88 Å². The number of hydrogen-bond acceptors (Lipinski definition) is 3. The molecule has 0 atom stereocenters. The average Bonchev–Trinajstić information content (AvgIpc) is 2.66. The smallest absolute Gasteiger partial charge is 0.0595 e. The molecule has 3 rings (SSSR count). The maximum atomic E-state index is 6.21. The van der Waals surface area contributed by atoms with Crippen molar-refractivity contribution in [3.05, 3.63) is 63.9 Å². The van der Waals surface area contributed by atoms with Gasteiger partial charge in [-0.25, -0.2) is 0 Å². The van der Waals surface area contributed by atoms with Crippen molar-refractivity contribution in [3.8, 4) is 0 Å². The molecule has 0 spiro atoms. The third-order valence-electron chi connectivity index (χ3n) is 5.34. The van der Waals surface area contributed by atoms with Crippen LogP contribution in [0.25, 0.3) is 0 Å². The van der Waals surface area contributed by atoms with Crippen LogP contribution in [0.15, 0.2) is 42.7 Å². The van der Waals surface area contributed by atoms with Gasteiger partial charge in [0, 0.05) is 32.0 Å². The van der Waals surface area contributed by atoms with E-state index in [1.807, 2.05) is 30.6 Å². The summed E-state index contributed by atoms with van der Waals surface area (Å²) in [5.74, 6) is 1.45. The van der Waals surface area contributed by atoms with Crippen LogP contribution in [0.2, 0.25) is 10.0 Å². The Morgan fingerprint density at radius 1 is 0.962 bits per heavy atom. The number of nitrogens with two attached hydrogens (primary N) is 1. The van der Waals surface area contributed by atoms with E-state index in [4.69, 9.17) is 28.9 Å². The van der Waals surface area contributed by atoms with E-state index in [1.54, 1.807) is 0 Å². The highest BCUT2D eigenvalue weighted by Gasteiger charge is 2.22. The summed E-state index contributed by atoms with van der Waals surface area (Å²) < 4.78 is 0. The molecule has 5 heteroatoms. The molecule has 140 valence electrons. The third-order valence-corrected chi connectivity index (χ3v) is 6.07. The van der Waals surface area contributed by atoms with Crippen molar-refractivity contribution in [1.82, 2.24) is 9.88 Å². The van der Waals surface area contributed by atoms with Crippen molar-refractivity contribution in [2.24, 2.45) is 17.6 Å². The van der Waals surface area contributed by atoms with Crippen molar-refractivity contribution in [2.45, 2.75) is 38.8 Å². The topological polar surface area (TPSA) is 42.1 Å². The second-order valence-electron chi connectivity index (χ2n) is 7.40. The molecule has 3 nitrogen and oxygen atoms in total. The first-order chi connectivity index (χ1) is 12.6. The van der Waals surface area contributed by atoms with Crippen LogP contribution in [0, 0.1) is 11.8 Å². The molecule has 26 heavy (non-hydrogen) atoms. The molecule has 0 amide bonds. The number of halogens is 2. The van der Waals surface area contributed by atoms with Gasteiger partial charge < -0.3 is 5.73 Å². The van der Waals surface area contributed by atoms with E-state index in [1.165, 1.54) is 36.8 Å². The molecule has 1 heterocycles. The van der Waals surface area contributed by atoms with Gasteiger partial charge in [-0.1, -0.05) is 35.3 Å². The Labute approximate surface area is 166 Å². The Morgan fingerprint density at radius 2 is 1.69 bits per heavy atom. The molecule has 1 aromatic carbocycles. The lowest BCUT2D eigenvalue weighted by atomic mass is 9.82. The number of benzene rings is 1. The van der Waals surface area contributed by atoms with Crippen molar-refractivity contribution in [3.63, 3.8) is 0 Å². The fourth-order valence-corrected chi connectivity index (χ4v) is 4.17. The summed E-state index contributed by atoms with van der Waals surface area (Å²) in [4.78, 5) is 6.76. The van der Waals surface area contributed by atoms with E-state index < -0.39 is 0 Å². The first-order valence-corrected chi connectivity index (χ1v) is 10.1. The average molecular weight is 392 g/mol. The largest absolute Gasteiger partial charge is 0.330 e. The molecular weight excluding hydrogens is 365 g/mol. The van der Waals surface area contributed by atoms with Gasteiger partial charge in [-0.05, 0) is 73.4 Å². The summed E-state index contributed by atoms with van der Waals surface area (Å²) >= 11 is 12.3. The lowest BCUT2D eigenvalue weighted by molar-refractivity contribution is 0.170. The minimum Gasteiger partial charge on any atom is -0.330 e. The minimum atomic E-state index is 0.606. The maximum Gasteiger partial charge on any atom is 0.0595 e. The molecule has 0 unspecified atom stereocenters. The van der Waals surface area contributed by atoms with E-state index >= 15 is 0 Å². The normalized spacial score (nSPS) is 20.5. The Balaban J connectivity index is 1.68. The fraction of sp³-hybridized carbons (Fsp3) is 0.476. The highest BCUT2D eigenvalue weighted by Crippen LogP contribution is 2.30. The van der Waals surface area contributed by atoms with Gasteiger partial charge in [0.1, 0.15) is 0 Å². The first kappa shape index (κ1) is 19.6. The molecule has 1 aliphatic carbocycles. The van der Waals surface area contributed by atoms with Gasteiger partial charge in [-0.2, -0.15) is 0 Å². The van der Waals surface area contributed by atoms with Crippen molar-refractivity contribution < 1.29 is 0 Å². The summed E-state index contributed by atoms with van der Waals surface area (Å²) in [7, 11) is 0. The molecule has 0 aliphatic heterocycles. The van der Waals surface area contributed by atoms with Crippen LogP contribution in [0.5, 0.6) is 0 Å². The van der Waals surface area contributed by atoms with Crippen molar-refractivity contribution >= 4 is 23.2 Å². The van der Waals surface area contributed by atoms with Crippen LogP contribution >= 0.6 is 23.2 Å². The number of nitrogens with zero attached hydrogens (tertiary/aromatic N) is 2. The molecule has 2 N–H and O–H groups in total. The molecule has 1 saturated carbocycles. The van der Waals surface area contributed by atoms with Gasteiger partial charge in [0.25, 0.3) is 0 Å². The van der Waals surface area contributed by atoms with Crippen LogP contribution in [-0.2, 0) is 13.1 Å². The lowest BCUT2D eigenvalue weighted by Gasteiger charge is -2.32. The zero-order valence-electron chi connectivity index (χ0n) is 15.1. The van der Waals surface area contributed by atoms with Gasteiger partial charge in [0.15, 0.2) is 0 Å². The summed E-state index contributed by atoms with van der Waals surface area (Å²) in [6, 6.07) is 10.1. The molecule has 0 saturated heterocycles. The zero-order chi connectivity index (χ0) is 18.4. The maximum absolute atomic E-state index is 6.21. The van der Waals surface area contributed by atoms with Gasteiger partial charge in [0.2, 0.25) is 0 Å². The molecule has 2 aromatic rings. The zero-order valence-corrected chi connectivity index (χ0v) is 16.6. The third kappa shape index (κ3) is 5.68. The summed E-state index contributed by atoms with van der Waals surface area (Å²) in [5, 5.41) is 1.23. The predicted octanol–water partition coefficient (Wildman–Crippen LogP) is 5.16. The molecule has 0 radical (unpaired) electrons. The van der Waals surface area contributed by atoms with Crippen molar-refractivity contribution in [1.29, 1.82) is 0 Å². The highest BCUT2D eigenvalue weighted by atomic mass is 35.5. The van der Waals surface area contributed by atoms with Crippen LogP contribution in [-0.4, -0.2) is 23.0 Å². The molecular formula is C21H27Cl2N3. The SMILES string of the molecule is NCC1CCC(CN(Cc2cccnc2)Cc2ccc(Cl)c(Cl)c2)CC1. The quantitative estimate of drug-likeness (QED) is 0.708. The van der Waals surface area contributed by atoms with Crippen LogP contribution < -0.4 is 5.73 Å². The summed E-state index contributed by atoms with van der Waals surface area (Å²) in [5.41, 5.74) is 8.27. The van der Waals surface area contributed by atoms with Crippen molar-refractivity contribution in [2.75, 3.05) is 13.1 Å². The van der Waals surface area contributed by atoms with E-state index in [0.717, 1.165) is 32.1 Å². The number of hydrogen-bond donors (Lipinski definition) is 1. The lowest BCUT2D eigenvalue weighted by Crippen LogP contribution is -2.32. The van der Waals surface area contributed by atoms with E-state index in [-0.39, 0.29) is 0 Å². The van der Waals surface area contributed by atoms with E-state index in [2.05, 4.69) is 22.0 Å². The number of aromatic nitrogens is 1. The first-order valence-electron chi connectivity index (χ1n) is 9.39. The summed E-state index contributed by atoms with van der Waals surface area (Å²) in [6.45, 7) is 3.68. The van der Waals surface area contributed by atoms with Gasteiger partial charge >= 0.3 is 0 Å². The molecule has 1 aromatic heterocycles. The van der Waals surface area contributed by atoms with Crippen LogP contribution in [0.3, 0.4) is 0 Å². The van der Waals surface area contributed by atoms with Gasteiger partial charge in [0.05, 0.1) is 10.0 Å². The standard InChI is InChI=1S/C21H27Cl2N3/c22-20-8-7-18(10-21(20)23)14-26(15-19-2-1-9-25-12-19)13-17-5-3-16(11-24)4-6-17/h1-2,7-10,12,16-17H,3-6,11,13-15,24H2. The highest BCUT2D eigenvalue weighted by molar-refractivity contribution is 6.42. The second-order valence-corrected chi connectivity index (χ2v) is 8.22. The Kier molecular flexibility index (Phi) is 7.32. The van der Waals surface area contributed by atoms with E-state index in [0.29, 0.717) is 16.0 Å². The van der Waals surface area contributed by atoms with E-state index in [9.17, 15) is 0 Å². The molecule has 1 fully saturated rings.